The van der Waals surface area contributed by atoms with Crippen LogP contribution in [0, 0.1) is 13.8 Å². The number of rotatable bonds is 5. The number of nitrogens with one attached hydrogen (secondary N) is 1. The normalized spacial score (nSPS) is 15.1. The van der Waals surface area contributed by atoms with Gasteiger partial charge in [-0.2, -0.15) is 5.10 Å². The minimum Gasteiger partial charge on any atom is -0.507 e. The summed E-state index contributed by atoms with van der Waals surface area (Å²) < 4.78 is 0. The van der Waals surface area contributed by atoms with Gasteiger partial charge >= 0.3 is 0 Å². The molecule has 0 fully saturated rings. The van der Waals surface area contributed by atoms with E-state index in [1.54, 1.807) is 17.8 Å². The number of H-pyrrole nitrogens is 1. The van der Waals surface area contributed by atoms with Crippen molar-refractivity contribution in [3.05, 3.63) is 99.2 Å². The first kappa shape index (κ1) is 22.6. The van der Waals surface area contributed by atoms with Gasteiger partial charge in [0.1, 0.15) is 17.1 Å². The number of amides is 1. The number of carbonyl (C=O) groups excluding carboxylic acids is 1. The number of phenolic OH excluding ortho intramolecular Hbond substituents is 1. The standard InChI is InChI=1S/C27H24ClN3O2S/c1-15-12-16(2)22(21(32)13-15)24-23-25(30-29-24)27(33)31(14-18-6-4-5-7-20(18)28)26(23)17-8-10-19(34-3)11-9-17/h4-13,26,32H,14H2,1-3H3,(H,29,30). The topological polar surface area (TPSA) is 69.2 Å². The second-order valence-electron chi connectivity index (χ2n) is 8.54. The Morgan fingerprint density at radius 3 is 2.53 bits per heavy atom. The van der Waals surface area contributed by atoms with Gasteiger partial charge in [0.2, 0.25) is 0 Å². The van der Waals surface area contributed by atoms with Crippen LogP contribution in [0.5, 0.6) is 5.75 Å². The quantitative estimate of drug-likeness (QED) is 0.313. The Morgan fingerprint density at radius 1 is 1.12 bits per heavy atom. The van der Waals surface area contributed by atoms with E-state index in [0.29, 0.717) is 28.5 Å². The van der Waals surface area contributed by atoms with Crippen LogP contribution < -0.4 is 0 Å². The SMILES string of the molecule is CSc1ccc(C2c3c(-c4c(C)cc(C)cc4O)n[nH]c3C(=O)N2Cc2ccccc2Cl)cc1. The Bertz CT molecular complexity index is 1370. The third-order valence-corrected chi connectivity index (χ3v) is 7.40. The number of hydrogen-bond donors (Lipinski definition) is 2. The first-order valence-corrected chi connectivity index (χ1v) is 12.6. The first-order chi connectivity index (χ1) is 16.4. The van der Waals surface area contributed by atoms with Crippen LogP contribution in [0.15, 0.2) is 65.6 Å². The monoisotopic (exact) mass is 489 g/mol. The van der Waals surface area contributed by atoms with Crippen molar-refractivity contribution in [3.8, 4) is 17.0 Å². The van der Waals surface area contributed by atoms with Crippen molar-refractivity contribution in [1.82, 2.24) is 15.1 Å². The molecule has 5 rings (SSSR count). The summed E-state index contributed by atoms with van der Waals surface area (Å²) in [6, 6.07) is 19.2. The molecule has 5 nitrogen and oxygen atoms in total. The fraction of sp³-hybridized carbons (Fsp3) is 0.185. The number of carbonyl (C=O) groups is 1. The number of benzene rings is 3. The van der Waals surface area contributed by atoms with Crippen molar-refractivity contribution in [2.45, 2.75) is 31.3 Å². The lowest BCUT2D eigenvalue weighted by Gasteiger charge is -2.27. The molecule has 0 spiro atoms. The predicted octanol–water partition coefficient (Wildman–Crippen LogP) is 6.52. The fourth-order valence-corrected chi connectivity index (χ4v) is 5.35. The second kappa shape index (κ2) is 8.85. The molecule has 1 amide bonds. The number of hydrogen-bond acceptors (Lipinski definition) is 4. The lowest BCUT2D eigenvalue weighted by Crippen LogP contribution is -2.29. The van der Waals surface area contributed by atoms with Crippen molar-refractivity contribution in [2.75, 3.05) is 6.26 Å². The molecule has 1 atom stereocenters. The summed E-state index contributed by atoms with van der Waals surface area (Å²) in [7, 11) is 0. The number of aromatic amines is 1. The van der Waals surface area contributed by atoms with Gasteiger partial charge in [0.05, 0.1) is 6.04 Å². The Balaban J connectivity index is 1.69. The maximum absolute atomic E-state index is 13.6. The third kappa shape index (κ3) is 3.77. The zero-order valence-corrected chi connectivity index (χ0v) is 20.7. The molecule has 1 aliphatic heterocycles. The number of nitrogens with zero attached hydrogens (tertiary/aromatic N) is 2. The van der Waals surface area contributed by atoms with Crippen LogP contribution in [0.3, 0.4) is 0 Å². The van der Waals surface area contributed by atoms with Gasteiger partial charge < -0.3 is 10.0 Å². The molecule has 7 heteroatoms. The Morgan fingerprint density at radius 2 is 1.85 bits per heavy atom. The Hall–Kier alpha value is -3.22. The smallest absolute Gasteiger partial charge is 0.273 e. The highest BCUT2D eigenvalue weighted by molar-refractivity contribution is 7.98. The molecular weight excluding hydrogens is 466 g/mol. The molecular formula is C27H24ClN3O2S. The van der Waals surface area contributed by atoms with Gasteiger partial charge in [0.15, 0.2) is 0 Å². The molecule has 34 heavy (non-hydrogen) atoms. The van der Waals surface area contributed by atoms with Crippen LogP contribution in [0.25, 0.3) is 11.3 Å². The molecule has 2 heterocycles. The summed E-state index contributed by atoms with van der Waals surface area (Å²) in [5.41, 5.74) is 6.17. The summed E-state index contributed by atoms with van der Waals surface area (Å²) in [5, 5.41) is 18.9. The molecule has 0 saturated heterocycles. The van der Waals surface area contributed by atoms with Crippen LogP contribution >= 0.6 is 23.4 Å². The van der Waals surface area contributed by atoms with Crippen LogP contribution in [0.4, 0.5) is 0 Å². The first-order valence-electron chi connectivity index (χ1n) is 11.0. The van der Waals surface area contributed by atoms with Gasteiger partial charge in [-0.15, -0.1) is 11.8 Å². The molecule has 172 valence electrons. The van der Waals surface area contributed by atoms with Crippen molar-refractivity contribution < 1.29 is 9.90 Å². The molecule has 2 N–H and O–H groups in total. The highest BCUT2D eigenvalue weighted by Gasteiger charge is 2.42. The molecule has 4 aromatic rings. The molecule has 0 saturated carbocycles. The van der Waals surface area contributed by atoms with Crippen LogP contribution in [-0.4, -0.2) is 32.4 Å². The van der Waals surface area contributed by atoms with Crippen molar-refractivity contribution in [3.63, 3.8) is 0 Å². The van der Waals surface area contributed by atoms with Gasteiger partial charge in [-0.1, -0.05) is 48.0 Å². The van der Waals surface area contributed by atoms with E-state index in [2.05, 4.69) is 34.5 Å². The zero-order chi connectivity index (χ0) is 24.0. The molecule has 1 aromatic heterocycles. The van der Waals surface area contributed by atoms with E-state index in [1.807, 2.05) is 55.3 Å². The summed E-state index contributed by atoms with van der Waals surface area (Å²) in [4.78, 5) is 16.6. The van der Waals surface area contributed by atoms with Crippen molar-refractivity contribution >= 4 is 29.3 Å². The van der Waals surface area contributed by atoms with Crippen LogP contribution in [0.2, 0.25) is 5.02 Å². The van der Waals surface area contributed by atoms with E-state index in [1.165, 1.54) is 0 Å². The number of thioether (sulfide) groups is 1. The van der Waals surface area contributed by atoms with Crippen LogP contribution in [-0.2, 0) is 6.54 Å². The van der Waals surface area contributed by atoms with Gasteiger partial charge in [0, 0.05) is 27.6 Å². The second-order valence-corrected chi connectivity index (χ2v) is 9.82. The van der Waals surface area contributed by atoms with E-state index in [-0.39, 0.29) is 17.7 Å². The van der Waals surface area contributed by atoms with Crippen molar-refractivity contribution in [2.24, 2.45) is 0 Å². The summed E-state index contributed by atoms with van der Waals surface area (Å²) in [6.07, 6.45) is 2.03. The van der Waals surface area contributed by atoms with Gasteiger partial charge in [0.25, 0.3) is 5.91 Å². The average molecular weight is 490 g/mol. The molecule has 0 radical (unpaired) electrons. The number of phenols is 1. The van der Waals surface area contributed by atoms with E-state index >= 15 is 0 Å². The number of aromatic hydroxyl groups is 1. The molecule has 1 aliphatic rings. The van der Waals surface area contributed by atoms with E-state index < -0.39 is 0 Å². The minimum atomic E-state index is -0.372. The third-order valence-electron chi connectivity index (χ3n) is 6.29. The van der Waals surface area contributed by atoms with Gasteiger partial charge in [-0.3, -0.25) is 9.89 Å². The summed E-state index contributed by atoms with van der Waals surface area (Å²) in [5.74, 6) is 0.0113. The van der Waals surface area contributed by atoms with Gasteiger partial charge in [-0.05, 0) is 66.6 Å². The lowest BCUT2D eigenvalue weighted by molar-refractivity contribution is 0.0730. The molecule has 1 unspecified atom stereocenters. The average Bonchev–Trinajstić information content (AvgIpc) is 3.34. The van der Waals surface area contributed by atoms with Gasteiger partial charge in [-0.25, -0.2) is 0 Å². The molecule has 0 aliphatic carbocycles. The Labute approximate surface area is 207 Å². The summed E-state index contributed by atoms with van der Waals surface area (Å²) >= 11 is 8.13. The molecule has 3 aromatic carbocycles. The highest BCUT2D eigenvalue weighted by Crippen LogP contribution is 2.46. The van der Waals surface area contributed by atoms with E-state index in [0.717, 1.165) is 32.7 Å². The van der Waals surface area contributed by atoms with E-state index in [9.17, 15) is 9.90 Å². The van der Waals surface area contributed by atoms with Crippen molar-refractivity contribution in [1.29, 1.82) is 0 Å². The summed E-state index contributed by atoms with van der Waals surface area (Å²) in [6.45, 7) is 4.24. The maximum Gasteiger partial charge on any atom is 0.273 e. The van der Waals surface area contributed by atoms with E-state index in [4.69, 9.17) is 11.6 Å². The predicted molar refractivity (Wildman–Crippen MR) is 137 cm³/mol. The lowest BCUT2D eigenvalue weighted by atomic mass is 9.93. The number of halogens is 1. The highest BCUT2D eigenvalue weighted by atomic mass is 35.5. The Kier molecular flexibility index (Phi) is 5.88. The number of aromatic nitrogens is 2. The molecule has 0 bridgehead atoms. The number of fused-ring (bicyclic) bond motifs is 1. The van der Waals surface area contributed by atoms with Crippen LogP contribution in [0.1, 0.15) is 44.3 Å². The zero-order valence-electron chi connectivity index (χ0n) is 19.1. The fourth-order valence-electron chi connectivity index (χ4n) is 4.75. The maximum atomic E-state index is 13.6. The minimum absolute atomic E-state index is 0.142. The largest absolute Gasteiger partial charge is 0.507 e. The number of aryl methyl sites for hydroxylation is 2.